The van der Waals surface area contributed by atoms with Crippen LogP contribution < -0.4 is 5.32 Å². The fourth-order valence-electron chi connectivity index (χ4n) is 0.347. The molecule has 0 aliphatic carbocycles. The SMILES string of the molecule is O=S([O-])CCNCCCl. The Morgan fingerprint density at radius 1 is 1.56 bits per heavy atom. The van der Waals surface area contributed by atoms with Gasteiger partial charge in [-0.3, -0.25) is 4.21 Å². The molecule has 0 heterocycles. The molecule has 0 amide bonds. The van der Waals surface area contributed by atoms with Crippen molar-refractivity contribution in [1.82, 2.24) is 5.32 Å². The van der Waals surface area contributed by atoms with E-state index in [9.17, 15) is 8.76 Å². The highest BCUT2D eigenvalue weighted by Gasteiger charge is 1.84. The average Bonchev–Trinajstić information content (AvgIpc) is 1.80. The van der Waals surface area contributed by atoms with Gasteiger partial charge in [-0.2, -0.15) is 0 Å². The van der Waals surface area contributed by atoms with Crippen molar-refractivity contribution in [2.45, 2.75) is 0 Å². The van der Waals surface area contributed by atoms with Gasteiger partial charge in [-0.1, -0.05) is 11.1 Å². The summed E-state index contributed by atoms with van der Waals surface area (Å²) in [4.78, 5) is 0. The van der Waals surface area contributed by atoms with E-state index in [4.69, 9.17) is 11.6 Å². The quantitative estimate of drug-likeness (QED) is 0.350. The van der Waals surface area contributed by atoms with Gasteiger partial charge in [0, 0.05) is 24.7 Å². The maximum atomic E-state index is 9.89. The molecule has 3 nitrogen and oxygen atoms in total. The Labute approximate surface area is 62.1 Å². The minimum absolute atomic E-state index is 0.164. The lowest BCUT2D eigenvalue weighted by atomic mass is 10.7. The second-order valence-corrected chi connectivity index (χ2v) is 2.84. The Bertz CT molecular complexity index is 90.6. The normalized spacial score (nSPS) is 13.6. The predicted molar refractivity (Wildman–Crippen MR) is 37.4 cm³/mol. The Kier molecular flexibility index (Phi) is 6.74. The first-order valence-electron chi connectivity index (χ1n) is 2.60. The molecule has 56 valence electrons. The zero-order chi connectivity index (χ0) is 7.11. The van der Waals surface area contributed by atoms with Gasteiger partial charge in [-0.15, -0.1) is 11.6 Å². The van der Waals surface area contributed by atoms with Gasteiger partial charge in [-0.25, -0.2) is 0 Å². The minimum atomic E-state index is -1.92. The van der Waals surface area contributed by atoms with Crippen LogP contribution in [0.2, 0.25) is 0 Å². The van der Waals surface area contributed by atoms with Crippen LogP contribution in [0.15, 0.2) is 0 Å². The van der Waals surface area contributed by atoms with Gasteiger partial charge in [0.15, 0.2) is 0 Å². The van der Waals surface area contributed by atoms with Crippen molar-refractivity contribution >= 4 is 22.7 Å². The molecule has 0 radical (unpaired) electrons. The van der Waals surface area contributed by atoms with Gasteiger partial charge in [0.2, 0.25) is 0 Å². The molecule has 0 saturated heterocycles. The highest BCUT2D eigenvalue weighted by atomic mass is 35.5. The molecular weight excluding hydrogens is 162 g/mol. The topological polar surface area (TPSA) is 52.2 Å². The van der Waals surface area contributed by atoms with Crippen LogP contribution in [-0.4, -0.2) is 33.5 Å². The lowest BCUT2D eigenvalue weighted by molar-refractivity contribution is 0.534. The van der Waals surface area contributed by atoms with Crippen LogP contribution in [0, 0.1) is 0 Å². The van der Waals surface area contributed by atoms with E-state index < -0.39 is 11.1 Å². The highest BCUT2D eigenvalue weighted by Crippen LogP contribution is 1.72. The standard InChI is InChI=1S/C4H10ClNO2S/c5-1-2-6-3-4-9(7)8/h6H,1-4H2,(H,7,8)/p-1. The molecule has 0 fully saturated rings. The molecule has 0 rings (SSSR count). The van der Waals surface area contributed by atoms with Gasteiger partial charge in [0.05, 0.1) is 0 Å². The van der Waals surface area contributed by atoms with E-state index in [1.54, 1.807) is 0 Å². The van der Waals surface area contributed by atoms with Crippen LogP contribution in [0.3, 0.4) is 0 Å². The molecule has 9 heavy (non-hydrogen) atoms. The Morgan fingerprint density at radius 2 is 2.22 bits per heavy atom. The lowest BCUT2D eigenvalue weighted by Gasteiger charge is -2.03. The molecule has 0 aliphatic rings. The average molecular weight is 171 g/mol. The third-order valence-corrected chi connectivity index (χ3v) is 1.44. The summed E-state index contributed by atoms with van der Waals surface area (Å²) in [5, 5.41) is 2.84. The zero-order valence-electron chi connectivity index (χ0n) is 4.93. The number of rotatable bonds is 5. The molecule has 1 atom stereocenters. The zero-order valence-corrected chi connectivity index (χ0v) is 6.50. The van der Waals surface area contributed by atoms with Crippen LogP contribution in [0.1, 0.15) is 0 Å². The smallest absolute Gasteiger partial charge is 0.0348 e. The van der Waals surface area contributed by atoms with Gasteiger partial charge < -0.3 is 9.87 Å². The summed E-state index contributed by atoms with van der Waals surface area (Å²) in [5.41, 5.74) is 0. The summed E-state index contributed by atoms with van der Waals surface area (Å²) in [7, 11) is 0. The molecule has 0 aliphatic heterocycles. The van der Waals surface area contributed by atoms with Crippen molar-refractivity contribution < 1.29 is 8.76 Å². The van der Waals surface area contributed by atoms with Crippen molar-refractivity contribution in [2.24, 2.45) is 0 Å². The molecule has 0 aromatic heterocycles. The second-order valence-electron chi connectivity index (χ2n) is 1.45. The van der Waals surface area contributed by atoms with E-state index in [-0.39, 0.29) is 5.75 Å². The summed E-state index contributed by atoms with van der Waals surface area (Å²) in [6.07, 6.45) is 0. The van der Waals surface area contributed by atoms with Crippen molar-refractivity contribution in [2.75, 3.05) is 24.7 Å². The van der Waals surface area contributed by atoms with Crippen molar-refractivity contribution in [3.8, 4) is 0 Å². The van der Waals surface area contributed by atoms with Crippen LogP contribution in [0.25, 0.3) is 0 Å². The van der Waals surface area contributed by atoms with Crippen LogP contribution in [0.5, 0.6) is 0 Å². The predicted octanol–water partition coefficient (Wildman–Crippen LogP) is -0.306. The molecule has 1 N–H and O–H groups in total. The van der Waals surface area contributed by atoms with Crippen LogP contribution in [-0.2, 0) is 11.1 Å². The van der Waals surface area contributed by atoms with Crippen molar-refractivity contribution in [3.05, 3.63) is 0 Å². The first-order valence-corrected chi connectivity index (χ1v) is 4.37. The van der Waals surface area contributed by atoms with Gasteiger partial charge in [0.1, 0.15) is 0 Å². The van der Waals surface area contributed by atoms with E-state index in [0.717, 1.165) is 0 Å². The summed E-state index contributed by atoms with van der Waals surface area (Å²) in [6, 6.07) is 0. The Morgan fingerprint density at radius 3 is 2.67 bits per heavy atom. The first-order chi connectivity index (χ1) is 4.27. The maximum absolute atomic E-state index is 9.89. The fraction of sp³-hybridized carbons (Fsp3) is 1.00. The Hall–Kier alpha value is 0.360. The Balaban J connectivity index is 2.83. The summed E-state index contributed by atoms with van der Waals surface area (Å²) in [6.45, 7) is 1.15. The number of alkyl halides is 1. The molecule has 0 aromatic carbocycles. The third-order valence-electron chi connectivity index (χ3n) is 0.717. The molecule has 1 unspecified atom stereocenters. The van der Waals surface area contributed by atoms with Gasteiger partial charge >= 0.3 is 0 Å². The molecule has 0 saturated carbocycles. The largest absolute Gasteiger partial charge is 0.772 e. The monoisotopic (exact) mass is 170 g/mol. The second kappa shape index (κ2) is 6.48. The van der Waals surface area contributed by atoms with Crippen LogP contribution in [0.4, 0.5) is 0 Å². The molecule has 5 heteroatoms. The number of hydrogen-bond acceptors (Lipinski definition) is 3. The van der Waals surface area contributed by atoms with Crippen molar-refractivity contribution in [1.29, 1.82) is 0 Å². The molecule has 0 aromatic rings. The first kappa shape index (κ1) is 9.36. The summed E-state index contributed by atoms with van der Waals surface area (Å²) >= 11 is 3.38. The highest BCUT2D eigenvalue weighted by molar-refractivity contribution is 7.79. The van der Waals surface area contributed by atoms with E-state index in [1.165, 1.54) is 0 Å². The number of halogens is 1. The van der Waals surface area contributed by atoms with Crippen LogP contribution >= 0.6 is 11.6 Å². The molecule has 0 bridgehead atoms. The minimum Gasteiger partial charge on any atom is -0.772 e. The molecule has 0 spiro atoms. The summed E-state index contributed by atoms with van der Waals surface area (Å²) in [5.74, 6) is 0.683. The van der Waals surface area contributed by atoms with Gasteiger partial charge in [-0.05, 0) is 0 Å². The number of hydrogen-bond donors (Lipinski definition) is 1. The number of nitrogens with one attached hydrogen (secondary N) is 1. The maximum Gasteiger partial charge on any atom is 0.0348 e. The van der Waals surface area contributed by atoms with E-state index in [1.807, 2.05) is 0 Å². The van der Waals surface area contributed by atoms with Crippen molar-refractivity contribution in [3.63, 3.8) is 0 Å². The van der Waals surface area contributed by atoms with Gasteiger partial charge in [0.25, 0.3) is 0 Å². The fourth-order valence-corrected chi connectivity index (χ4v) is 0.792. The van der Waals surface area contributed by atoms with E-state index in [0.29, 0.717) is 19.0 Å². The molecular formula is C4H9ClNO2S-. The summed E-state index contributed by atoms with van der Waals surface area (Å²) < 4.78 is 19.8. The van der Waals surface area contributed by atoms with E-state index in [2.05, 4.69) is 5.32 Å². The third kappa shape index (κ3) is 8.36. The van der Waals surface area contributed by atoms with E-state index >= 15 is 0 Å². The lowest BCUT2D eigenvalue weighted by Crippen LogP contribution is -2.22.